The number of carbonyl (C=O) groups excluding carboxylic acids is 2. The van der Waals surface area contributed by atoms with Crippen LogP contribution in [0.25, 0.3) is 10.9 Å². The molecule has 26 heavy (non-hydrogen) atoms. The van der Waals surface area contributed by atoms with Gasteiger partial charge < -0.3 is 19.6 Å². The average molecular weight is 356 g/mol. The van der Waals surface area contributed by atoms with E-state index in [0.717, 1.165) is 0 Å². The summed E-state index contributed by atoms with van der Waals surface area (Å²) in [6, 6.07) is 7.43. The number of anilines is 1. The predicted octanol–water partition coefficient (Wildman–Crippen LogP) is 2.84. The summed E-state index contributed by atoms with van der Waals surface area (Å²) >= 11 is 0. The number of esters is 1. The van der Waals surface area contributed by atoms with E-state index in [2.05, 4.69) is 10.3 Å². The van der Waals surface area contributed by atoms with Gasteiger partial charge in [-0.3, -0.25) is 14.9 Å². The largest absolute Gasteiger partial charge is 0.461 e. The molecule has 134 valence electrons. The summed E-state index contributed by atoms with van der Waals surface area (Å²) in [5, 5.41) is 14.2. The van der Waals surface area contributed by atoms with Gasteiger partial charge in [0, 0.05) is 30.8 Å². The number of aromatic amines is 1. The summed E-state index contributed by atoms with van der Waals surface area (Å²) in [6.45, 7) is 1.97. The number of ether oxygens (including phenoxy) is 1. The van der Waals surface area contributed by atoms with E-state index in [0.29, 0.717) is 22.3 Å². The predicted molar refractivity (Wildman–Crippen MR) is 94.3 cm³/mol. The van der Waals surface area contributed by atoms with Crippen molar-refractivity contribution in [3.05, 3.63) is 58.0 Å². The van der Waals surface area contributed by atoms with Crippen LogP contribution in [0, 0.1) is 10.1 Å². The minimum absolute atomic E-state index is 0.0616. The Morgan fingerprint density at radius 2 is 2.08 bits per heavy atom. The fraction of sp³-hybridized carbons (Fsp3) is 0.176. The van der Waals surface area contributed by atoms with E-state index in [1.165, 1.54) is 18.2 Å². The number of nitro benzene ring substituents is 1. The van der Waals surface area contributed by atoms with Crippen LogP contribution >= 0.6 is 0 Å². The molecule has 0 spiro atoms. The molecule has 0 saturated heterocycles. The summed E-state index contributed by atoms with van der Waals surface area (Å²) in [7, 11) is 1.67. The third-order valence-electron chi connectivity index (χ3n) is 3.81. The molecule has 1 aromatic carbocycles. The maximum absolute atomic E-state index is 12.4. The highest BCUT2D eigenvalue weighted by atomic mass is 16.6. The molecule has 0 aliphatic heterocycles. The number of nitrogens with one attached hydrogen (secondary N) is 2. The van der Waals surface area contributed by atoms with Crippen molar-refractivity contribution in [2.24, 2.45) is 7.05 Å². The number of aromatic nitrogens is 2. The number of carbonyl (C=O) groups is 2. The number of nitro groups is 1. The number of H-pyrrole nitrogens is 1. The van der Waals surface area contributed by atoms with Crippen molar-refractivity contribution in [3.63, 3.8) is 0 Å². The lowest BCUT2D eigenvalue weighted by atomic mass is 10.2. The molecule has 2 N–H and O–H groups in total. The number of fused-ring (bicyclic) bond motifs is 1. The summed E-state index contributed by atoms with van der Waals surface area (Å²) in [6.07, 6.45) is 1.59. The third-order valence-corrected chi connectivity index (χ3v) is 3.81. The first kappa shape index (κ1) is 17.2. The summed E-state index contributed by atoms with van der Waals surface area (Å²) in [5.74, 6) is -0.904. The monoisotopic (exact) mass is 356 g/mol. The number of nitrogens with zero attached hydrogens (tertiary/aromatic N) is 2. The van der Waals surface area contributed by atoms with Gasteiger partial charge in [-0.05, 0) is 25.1 Å². The molecule has 9 heteroatoms. The van der Waals surface area contributed by atoms with Gasteiger partial charge in [0.1, 0.15) is 11.4 Å². The zero-order valence-corrected chi connectivity index (χ0v) is 14.1. The van der Waals surface area contributed by atoms with Gasteiger partial charge in [0.05, 0.1) is 22.7 Å². The molecule has 0 atom stereocenters. The maximum atomic E-state index is 12.4. The first-order valence-corrected chi connectivity index (χ1v) is 7.81. The van der Waals surface area contributed by atoms with Crippen molar-refractivity contribution >= 4 is 34.2 Å². The Bertz CT molecular complexity index is 1020. The van der Waals surface area contributed by atoms with Crippen molar-refractivity contribution in [2.45, 2.75) is 6.92 Å². The Morgan fingerprint density at radius 3 is 2.77 bits per heavy atom. The molecule has 2 heterocycles. The molecule has 0 unspecified atom stereocenters. The normalized spacial score (nSPS) is 10.7. The number of hydrogen-bond donors (Lipinski definition) is 2. The Labute approximate surface area is 147 Å². The Kier molecular flexibility index (Phi) is 4.44. The first-order valence-electron chi connectivity index (χ1n) is 7.81. The smallest absolute Gasteiger partial charge is 0.355 e. The lowest BCUT2D eigenvalue weighted by Crippen LogP contribution is -2.11. The number of hydrogen-bond acceptors (Lipinski definition) is 5. The molecule has 9 nitrogen and oxygen atoms in total. The highest BCUT2D eigenvalue weighted by Gasteiger charge is 2.16. The zero-order valence-electron chi connectivity index (χ0n) is 14.1. The summed E-state index contributed by atoms with van der Waals surface area (Å²) in [5.41, 5.74) is 1.43. The van der Waals surface area contributed by atoms with Crippen molar-refractivity contribution in [1.82, 2.24) is 9.55 Å². The summed E-state index contributed by atoms with van der Waals surface area (Å²) in [4.78, 5) is 37.4. The standard InChI is InChI=1S/C17H16N4O5/c1-3-26-17(23)15-7-11(9-20(15)2)18-16(22)14-6-10-4-5-12(21(24)25)8-13(10)19-14/h4-9,19H,3H2,1-2H3,(H,18,22). The van der Waals surface area contributed by atoms with E-state index in [4.69, 9.17) is 4.74 Å². The molecule has 3 rings (SSSR count). The maximum Gasteiger partial charge on any atom is 0.355 e. The molecule has 0 bridgehead atoms. The number of non-ortho nitro benzene ring substituents is 1. The highest BCUT2D eigenvalue weighted by Crippen LogP contribution is 2.22. The van der Waals surface area contributed by atoms with Gasteiger partial charge in [-0.25, -0.2) is 4.79 Å². The molecule has 0 aliphatic carbocycles. The minimum Gasteiger partial charge on any atom is -0.461 e. The topological polar surface area (TPSA) is 119 Å². The molecule has 3 aromatic rings. The molecular weight excluding hydrogens is 340 g/mol. The third kappa shape index (κ3) is 3.27. The van der Waals surface area contributed by atoms with Crippen LogP contribution in [0.5, 0.6) is 0 Å². The van der Waals surface area contributed by atoms with Crippen LogP contribution in [0.2, 0.25) is 0 Å². The highest BCUT2D eigenvalue weighted by molar-refractivity contribution is 6.06. The van der Waals surface area contributed by atoms with Crippen molar-refractivity contribution < 1.29 is 19.2 Å². The van der Waals surface area contributed by atoms with Crippen LogP contribution < -0.4 is 5.32 Å². The summed E-state index contributed by atoms with van der Waals surface area (Å²) < 4.78 is 6.51. The zero-order chi connectivity index (χ0) is 18.8. The average Bonchev–Trinajstić information content (AvgIpc) is 3.17. The first-order chi connectivity index (χ1) is 12.4. The van der Waals surface area contributed by atoms with Gasteiger partial charge in [-0.1, -0.05) is 0 Å². The Balaban J connectivity index is 1.82. The van der Waals surface area contributed by atoms with Crippen molar-refractivity contribution in [2.75, 3.05) is 11.9 Å². The second-order valence-corrected chi connectivity index (χ2v) is 5.61. The van der Waals surface area contributed by atoms with E-state index in [1.54, 1.807) is 36.9 Å². The van der Waals surface area contributed by atoms with Crippen LogP contribution in [0.15, 0.2) is 36.5 Å². The number of rotatable bonds is 5. The molecule has 0 saturated carbocycles. The number of aryl methyl sites for hydroxylation is 1. The van der Waals surface area contributed by atoms with E-state index in [1.807, 2.05) is 0 Å². The van der Waals surface area contributed by atoms with E-state index in [-0.39, 0.29) is 18.0 Å². The molecule has 1 amide bonds. The van der Waals surface area contributed by atoms with Crippen molar-refractivity contribution in [1.29, 1.82) is 0 Å². The van der Waals surface area contributed by atoms with Crippen molar-refractivity contribution in [3.8, 4) is 0 Å². The fourth-order valence-corrected chi connectivity index (χ4v) is 2.59. The lowest BCUT2D eigenvalue weighted by Gasteiger charge is -2.01. The van der Waals surface area contributed by atoms with E-state index in [9.17, 15) is 19.7 Å². The quantitative estimate of drug-likeness (QED) is 0.414. The SMILES string of the molecule is CCOC(=O)c1cc(NC(=O)c2cc3ccc([N+](=O)[O-])cc3[nH]2)cn1C. The van der Waals surface area contributed by atoms with E-state index >= 15 is 0 Å². The second-order valence-electron chi connectivity index (χ2n) is 5.61. The molecular formula is C17H16N4O5. The molecule has 0 radical (unpaired) electrons. The van der Waals surface area contributed by atoms with Gasteiger partial charge in [-0.2, -0.15) is 0 Å². The van der Waals surface area contributed by atoms with Crippen LogP contribution in [-0.4, -0.2) is 33.0 Å². The van der Waals surface area contributed by atoms with Crippen LogP contribution in [0.4, 0.5) is 11.4 Å². The minimum atomic E-state index is -0.499. The van der Waals surface area contributed by atoms with Crippen LogP contribution in [0.1, 0.15) is 27.9 Å². The van der Waals surface area contributed by atoms with Gasteiger partial charge in [0.2, 0.25) is 0 Å². The second kappa shape index (κ2) is 6.71. The van der Waals surface area contributed by atoms with Gasteiger partial charge in [0.25, 0.3) is 11.6 Å². The lowest BCUT2D eigenvalue weighted by molar-refractivity contribution is -0.384. The molecule has 2 aromatic heterocycles. The molecule has 0 aliphatic rings. The van der Waals surface area contributed by atoms with Crippen LogP contribution in [0.3, 0.4) is 0 Å². The van der Waals surface area contributed by atoms with Gasteiger partial charge in [0.15, 0.2) is 0 Å². The Morgan fingerprint density at radius 1 is 1.31 bits per heavy atom. The van der Waals surface area contributed by atoms with Crippen LogP contribution in [-0.2, 0) is 11.8 Å². The number of benzene rings is 1. The van der Waals surface area contributed by atoms with Gasteiger partial charge in [-0.15, -0.1) is 0 Å². The molecule has 0 fully saturated rings. The Hall–Kier alpha value is -3.62. The van der Waals surface area contributed by atoms with Gasteiger partial charge >= 0.3 is 5.97 Å². The number of amides is 1. The fourth-order valence-electron chi connectivity index (χ4n) is 2.59. The van der Waals surface area contributed by atoms with E-state index < -0.39 is 16.8 Å².